The van der Waals surface area contributed by atoms with Crippen LogP contribution in [0.2, 0.25) is 0 Å². The molecule has 0 aliphatic carbocycles. The molecule has 0 fully saturated rings. The third-order valence-corrected chi connectivity index (χ3v) is 3.23. The van der Waals surface area contributed by atoms with E-state index < -0.39 is 0 Å². The van der Waals surface area contributed by atoms with E-state index in [0.29, 0.717) is 22.8 Å². The second kappa shape index (κ2) is 5.28. The summed E-state index contributed by atoms with van der Waals surface area (Å²) >= 11 is 0. The van der Waals surface area contributed by atoms with Gasteiger partial charge in [0.15, 0.2) is 5.76 Å². The highest BCUT2D eigenvalue weighted by Gasteiger charge is 2.14. The summed E-state index contributed by atoms with van der Waals surface area (Å²) in [5.41, 5.74) is 2.82. The van der Waals surface area contributed by atoms with Crippen LogP contribution < -0.4 is 4.74 Å². The molecule has 0 aliphatic heterocycles. The van der Waals surface area contributed by atoms with E-state index in [1.165, 1.54) is 0 Å². The fourth-order valence-corrected chi connectivity index (χ4v) is 2.10. The van der Waals surface area contributed by atoms with Gasteiger partial charge in [-0.2, -0.15) is 0 Å². The fraction of sp³-hybridized carbons (Fsp3) is 0.125. The van der Waals surface area contributed by atoms with Gasteiger partial charge in [0.2, 0.25) is 0 Å². The lowest BCUT2D eigenvalue weighted by Crippen LogP contribution is -1.85. The summed E-state index contributed by atoms with van der Waals surface area (Å²) < 4.78 is 10.5. The lowest BCUT2D eigenvalue weighted by molar-refractivity contribution is 0.412. The first kappa shape index (κ1) is 13.2. The van der Waals surface area contributed by atoms with E-state index in [-0.39, 0.29) is 5.75 Å². The van der Waals surface area contributed by atoms with E-state index in [1.807, 2.05) is 19.1 Å². The molecule has 21 heavy (non-hydrogen) atoms. The number of phenolic OH excluding ortho intramolecular Hbond substituents is 1. The van der Waals surface area contributed by atoms with Gasteiger partial charge in [-0.15, -0.1) is 0 Å². The zero-order valence-corrected chi connectivity index (χ0v) is 11.7. The number of hydrogen-bond donors (Lipinski definition) is 1. The lowest BCUT2D eigenvalue weighted by atomic mass is 10.1. The van der Waals surface area contributed by atoms with E-state index in [1.54, 1.807) is 37.6 Å². The topological polar surface area (TPSA) is 68.4 Å². The molecule has 0 bridgehead atoms. The SMILES string of the molecule is COc1ccc(O)c(-c2cc(-c3ncccc3C)on2)c1. The van der Waals surface area contributed by atoms with E-state index >= 15 is 0 Å². The van der Waals surface area contributed by atoms with E-state index in [0.717, 1.165) is 11.3 Å². The maximum atomic E-state index is 9.97. The Hall–Kier alpha value is -2.82. The Labute approximate surface area is 121 Å². The Morgan fingerprint density at radius 3 is 2.81 bits per heavy atom. The molecule has 2 aromatic heterocycles. The predicted molar refractivity (Wildman–Crippen MR) is 78.1 cm³/mol. The van der Waals surface area contributed by atoms with Gasteiger partial charge >= 0.3 is 0 Å². The number of ether oxygens (including phenoxy) is 1. The van der Waals surface area contributed by atoms with Crippen molar-refractivity contribution in [2.24, 2.45) is 0 Å². The molecule has 0 atom stereocenters. The van der Waals surface area contributed by atoms with Gasteiger partial charge in [0, 0.05) is 17.8 Å². The van der Waals surface area contributed by atoms with Crippen molar-refractivity contribution in [3.05, 3.63) is 48.2 Å². The van der Waals surface area contributed by atoms with Crippen molar-refractivity contribution in [1.29, 1.82) is 0 Å². The summed E-state index contributed by atoms with van der Waals surface area (Å²) in [7, 11) is 1.57. The Morgan fingerprint density at radius 2 is 2.05 bits per heavy atom. The number of hydrogen-bond acceptors (Lipinski definition) is 5. The van der Waals surface area contributed by atoms with Crippen molar-refractivity contribution < 1.29 is 14.4 Å². The third-order valence-electron chi connectivity index (χ3n) is 3.23. The standard InChI is InChI=1S/C16H14N2O3/c1-10-4-3-7-17-16(10)15-9-13(18-21-15)12-8-11(20-2)5-6-14(12)19/h3-9,19H,1-2H3. The Morgan fingerprint density at radius 1 is 1.19 bits per heavy atom. The summed E-state index contributed by atoms with van der Waals surface area (Å²) in [4.78, 5) is 4.29. The molecule has 0 unspecified atom stereocenters. The summed E-state index contributed by atoms with van der Waals surface area (Å²) in [6, 6.07) is 10.5. The molecular weight excluding hydrogens is 268 g/mol. The number of benzene rings is 1. The maximum Gasteiger partial charge on any atom is 0.186 e. The largest absolute Gasteiger partial charge is 0.507 e. The van der Waals surface area contributed by atoms with Crippen LogP contribution in [-0.4, -0.2) is 22.4 Å². The number of aromatic hydroxyl groups is 1. The molecule has 0 saturated carbocycles. The number of phenols is 1. The van der Waals surface area contributed by atoms with Crippen LogP contribution >= 0.6 is 0 Å². The molecule has 2 heterocycles. The number of aromatic nitrogens is 2. The van der Waals surface area contributed by atoms with Crippen molar-refractivity contribution >= 4 is 0 Å². The minimum atomic E-state index is 0.119. The first-order valence-electron chi connectivity index (χ1n) is 6.45. The van der Waals surface area contributed by atoms with Crippen LogP contribution in [0.15, 0.2) is 47.1 Å². The first-order chi connectivity index (χ1) is 10.2. The van der Waals surface area contributed by atoms with Crippen LogP contribution in [0.3, 0.4) is 0 Å². The number of pyridine rings is 1. The molecule has 1 aromatic carbocycles. The summed E-state index contributed by atoms with van der Waals surface area (Å²) in [6.45, 7) is 1.95. The predicted octanol–water partition coefficient (Wildman–Crippen LogP) is 3.43. The zero-order chi connectivity index (χ0) is 14.8. The molecule has 0 aliphatic rings. The minimum absolute atomic E-state index is 0.119. The molecule has 0 amide bonds. The van der Waals surface area contributed by atoms with Crippen LogP contribution in [0, 0.1) is 6.92 Å². The highest BCUT2D eigenvalue weighted by molar-refractivity contribution is 5.72. The van der Waals surface area contributed by atoms with Crippen molar-refractivity contribution in [3.8, 4) is 34.2 Å². The van der Waals surface area contributed by atoms with Gasteiger partial charge in [-0.25, -0.2) is 0 Å². The molecular formula is C16H14N2O3. The average molecular weight is 282 g/mol. The minimum Gasteiger partial charge on any atom is -0.507 e. The fourth-order valence-electron chi connectivity index (χ4n) is 2.10. The highest BCUT2D eigenvalue weighted by atomic mass is 16.5. The average Bonchev–Trinajstić information content (AvgIpc) is 2.97. The molecule has 106 valence electrons. The van der Waals surface area contributed by atoms with Gasteiger partial charge < -0.3 is 14.4 Å². The van der Waals surface area contributed by atoms with Crippen molar-refractivity contribution in [3.63, 3.8) is 0 Å². The van der Waals surface area contributed by atoms with E-state index in [9.17, 15) is 5.11 Å². The molecule has 3 aromatic rings. The van der Waals surface area contributed by atoms with E-state index in [2.05, 4.69) is 10.1 Å². The van der Waals surface area contributed by atoms with Crippen molar-refractivity contribution in [2.45, 2.75) is 6.92 Å². The van der Waals surface area contributed by atoms with Gasteiger partial charge in [0.1, 0.15) is 22.9 Å². The number of rotatable bonds is 3. The van der Waals surface area contributed by atoms with Crippen LogP contribution in [0.5, 0.6) is 11.5 Å². The van der Waals surface area contributed by atoms with Crippen LogP contribution in [-0.2, 0) is 0 Å². The summed E-state index contributed by atoms with van der Waals surface area (Å²) in [6.07, 6.45) is 1.70. The smallest absolute Gasteiger partial charge is 0.186 e. The van der Waals surface area contributed by atoms with Crippen molar-refractivity contribution in [1.82, 2.24) is 10.1 Å². The number of nitrogens with zero attached hydrogens (tertiary/aromatic N) is 2. The van der Waals surface area contributed by atoms with Crippen LogP contribution in [0.1, 0.15) is 5.56 Å². The quantitative estimate of drug-likeness (QED) is 0.797. The third kappa shape index (κ3) is 2.45. The number of aryl methyl sites for hydroxylation is 1. The monoisotopic (exact) mass is 282 g/mol. The van der Waals surface area contributed by atoms with Gasteiger partial charge in [0.25, 0.3) is 0 Å². The van der Waals surface area contributed by atoms with Gasteiger partial charge in [-0.05, 0) is 36.8 Å². The van der Waals surface area contributed by atoms with E-state index in [4.69, 9.17) is 9.26 Å². The molecule has 0 radical (unpaired) electrons. The molecule has 5 nitrogen and oxygen atoms in total. The molecule has 0 saturated heterocycles. The zero-order valence-electron chi connectivity index (χ0n) is 11.7. The summed E-state index contributed by atoms with van der Waals surface area (Å²) in [5, 5.41) is 14.0. The lowest BCUT2D eigenvalue weighted by Gasteiger charge is -2.03. The number of methoxy groups -OCH3 is 1. The highest BCUT2D eigenvalue weighted by Crippen LogP contribution is 2.34. The Balaban J connectivity index is 2.05. The molecule has 3 rings (SSSR count). The second-order valence-electron chi connectivity index (χ2n) is 4.63. The maximum absolute atomic E-state index is 9.97. The summed E-state index contributed by atoms with van der Waals surface area (Å²) in [5.74, 6) is 1.32. The molecule has 1 N–H and O–H groups in total. The normalized spacial score (nSPS) is 10.6. The Kier molecular flexibility index (Phi) is 3.31. The molecule has 0 spiro atoms. The molecule has 5 heteroatoms. The van der Waals surface area contributed by atoms with Crippen molar-refractivity contribution in [2.75, 3.05) is 7.11 Å². The Bertz CT molecular complexity index is 781. The van der Waals surface area contributed by atoms with Crippen LogP contribution in [0.4, 0.5) is 0 Å². The van der Waals surface area contributed by atoms with Gasteiger partial charge in [-0.3, -0.25) is 4.98 Å². The van der Waals surface area contributed by atoms with Gasteiger partial charge in [0.05, 0.1) is 7.11 Å². The van der Waals surface area contributed by atoms with Gasteiger partial charge in [-0.1, -0.05) is 11.2 Å². The first-order valence-corrected chi connectivity index (χ1v) is 6.45. The van der Waals surface area contributed by atoms with Crippen LogP contribution in [0.25, 0.3) is 22.7 Å². The second-order valence-corrected chi connectivity index (χ2v) is 4.63.